The quantitative estimate of drug-likeness (QED) is 0.788. The molecule has 0 aliphatic heterocycles. The molecule has 0 heterocycles. The molecule has 0 saturated heterocycles. The van der Waals surface area contributed by atoms with Crippen molar-refractivity contribution in [3.05, 3.63) is 53.1 Å². The van der Waals surface area contributed by atoms with Crippen molar-refractivity contribution in [2.75, 3.05) is 20.8 Å². The summed E-state index contributed by atoms with van der Waals surface area (Å²) in [5.74, 6) is 0.221. The van der Waals surface area contributed by atoms with Crippen LogP contribution < -0.4 is 14.2 Å². The van der Waals surface area contributed by atoms with Crippen LogP contribution in [0.1, 0.15) is 29.5 Å². The lowest BCUT2D eigenvalue weighted by Gasteiger charge is -2.18. The predicted octanol–water partition coefficient (Wildman–Crippen LogP) is 3.82. The largest absolute Gasteiger partial charge is 0.496 e. The van der Waals surface area contributed by atoms with Crippen molar-refractivity contribution in [3.63, 3.8) is 0 Å². The van der Waals surface area contributed by atoms with Gasteiger partial charge in [0.15, 0.2) is 11.5 Å². The molecule has 0 fully saturated rings. The van der Waals surface area contributed by atoms with E-state index in [1.807, 2.05) is 44.2 Å². The van der Waals surface area contributed by atoms with Gasteiger partial charge in [-0.3, -0.25) is 4.79 Å². The summed E-state index contributed by atoms with van der Waals surface area (Å²) in [6.45, 7) is 4.37. The summed E-state index contributed by atoms with van der Waals surface area (Å²) in [4.78, 5) is 11.9. The van der Waals surface area contributed by atoms with Crippen molar-refractivity contribution < 1.29 is 24.1 Å². The number of rotatable bonds is 8. The molecule has 1 atom stereocenters. The molecule has 0 aromatic heterocycles. The van der Waals surface area contributed by atoms with Gasteiger partial charge >= 0.3 is 5.97 Å². The molecular formula is C20H24O5. The molecule has 0 spiro atoms. The van der Waals surface area contributed by atoms with Gasteiger partial charge in [-0.2, -0.15) is 0 Å². The standard InChI is InChI=1S/C20H24O5/c1-5-25-18-9-7-14(12-19(18)24-4)11-16(20(21)22)15-10-13(2)6-8-17(15)23-3/h6-10,12,16H,5,11H2,1-4H3,(H,21,22). The van der Waals surface area contributed by atoms with Crippen LogP contribution in [0.5, 0.6) is 17.2 Å². The summed E-state index contributed by atoms with van der Waals surface area (Å²) in [7, 11) is 3.12. The van der Waals surface area contributed by atoms with Crippen LogP contribution in [0, 0.1) is 6.92 Å². The van der Waals surface area contributed by atoms with Crippen LogP contribution in [0.2, 0.25) is 0 Å². The lowest BCUT2D eigenvalue weighted by Crippen LogP contribution is -2.16. The first kappa shape index (κ1) is 18.6. The first-order valence-corrected chi connectivity index (χ1v) is 8.17. The third kappa shape index (κ3) is 4.44. The Labute approximate surface area is 148 Å². The van der Waals surface area contributed by atoms with Crippen LogP contribution >= 0.6 is 0 Å². The van der Waals surface area contributed by atoms with Crippen molar-refractivity contribution in [2.45, 2.75) is 26.2 Å². The number of ether oxygens (including phenoxy) is 3. The van der Waals surface area contributed by atoms with Crippen LogP contribution in [-0.4, -0.2) is 31.9 Å². The van der Waals surface area contributed by atoms with Gasteiger partial charge < -0.3 is 19.3 Å². The molecule has 2 rings (SSSR count). The van der Waals surface area contributed by atoms with E-state index in [9.17, 15) is 9.90 Å². The molecule has 0 aliphatic rings. The van der Waals surface area contributed by atoms with Crippen LogP contribution in [0.3, 0.4) is 0 Å². The fourth-order valence-corrected chi connectivity index (χ4v) is 2.81. The lowest BCUT2D eigenvalue weighted by atomic mass is 9.90. The SMILES string of the molecule is CCOc1ccc(CC(C(=O)O)c2cc(C)ccc2OC)cc1OC. The number of carboxylic acids is 1. The zero-order valence-electron chi connectivity index (χ0n) is 15.0. The Morgan fingerprint density at radius 2 is 1.72 bits per heavy atom. The van der Waals surface area contributed by atoms with E-state index in [1.165, 1.54) is 0 Å². The summed E-state index contributed by atoms with van der Waals surface area (Å²) < 4.78 is 16.2. The first-order valence-electron chi connectivity index (χ1n) is 8.17. The Morgan fingerprint density at radius 1 is 1.04 bits per heavy atom. The molecule has 1 unspecified atom stereocenters. The van der Waals surface area contributed by atoms with Gasteiger partial charge in [-0.15, -0.1) is 0 Å². The van der Waals surface area contributed by atoms with Crippen molar-refractivity contribution in [1.29, 1.82) is 0 Å². The number of methoxy groups -OCH3 is 2. The van der Waals surface area contributed by atoms with E-state index in [0.717, 1.165) is 11.1 Å². The molecule has 0 aliphatic carbocycles. The summed E-state index contributed by atoms with van der Waals surface area (Å²) in [6.07, 6.45) is 0.331. The molecule has 5 nitrogen and oxygen atoms in total. The van der Waals surface area contributed by atoms with Crippen molar-refractivity contribution in [1.82, 2.24) is 0 Å². The van der Waals surface area contributed by atoms with Gasteiger partial charge in [0.05, 0.1) is 26.7 Å². The van der Waals surface area contributed by atoms with Gasteiger partial charge in [-0.1, -0.05) is 23.8 Å². The number of hydrogen-bond acceptors (Lipinski definition) is 4. The maximum atomic E-state index is 11.9. The Bertz CT molecular complexity index is 739. The van der Waals surface area contributed by atoms with Gasteiger partial charge in [-0.05, 0) is 44.0 Å². The van der Waals surface area contributed by atoms with Gasteiger partial charge in [0.25, 0.3) is 0 Å². The van der Waals surface area contributed by atoms with Gasteiger partial charge in [-0.25, -0.2) is 0 Å². The highest BCUT2D eigenvalue weighted by atomic mass is 16.5. The second-order valence-corrected chi connectivity index (χ2v) is 5.76. The summed E-state index contributed by atoms with van der Waals surface area (Å²) in [5.41, 5.74) is 2.52. The molecule has 0 saturated carbocycles. The summed E-state index contributed by atoms with van der Waals surface area (Å²) in [6, 6.07) is 11.1. The van der Waals surface area contributed by atoms with E-state index in [2.05, 4.69) is 0 Å². The number of aliphatic carboxylic acids is 1. The van der Waals surface area contributed by atoms with Gasteiger partial charge in [0.1, 0.15) is 5.75 Å². The molecular weight excluding hydrogens is 320 g/mol. The topological polar surface area (TPSA) is 65.0 Å². The minimum Gasteiger partial charge on any atom is -0.496 e. The van der Waals surface area contributed by atoms with Crippen LogP contribution in [0.4, 0.5) is 0 Å². The minimum atomic E-state index is -0.892. The van der Waals surface area contributed by atoms with Crippen molar-refractivity contribution in [2.24, 2.45) is 0 Å². The molecule has 2 aromatic rings. The Kier molecular flexibility index (Phi) is 6.28. The number of carbonyl (C=O) groups is 1. The highest BCUT2D eigenvalue weighted by molar-refractivity contribution is 5.78. The van der Waals surface area contributed by atoms with E-state index in [1.54, 1.807) is 20.3 Å². The smallest absolute Gasteiger partial charge is 0.311 e. The zero-order valence-corrected chi connectivity index (χ0v) is 15.0. The van der Waals surface area contributed by atoms with Crippen LogP contribution in [0.25, 0.3) is 0 Å². The molecule has 0 radical (unpaired) electrons. The molecule has 1 N–H and O–H groups in total. The Balaban J connectivity index is 2.37. The Morgan fingerprint density at radius 3 is 2.32 bits per heavy atom. The molecule has 25 heavy (non-hydrogen) atoms. The van der Waals surface area contributed by atoms with Gasteiger partial charge in [0, 0.05) is 5.56 Å². The highest BCUT2D eigenvalue weighted by Gasteiger charge is 2.24. The normalized spacial score (nSPS) is 11.7. The molecule has 0 amide bonds. The van der Waals surface area contributed by atoms with Crippen molar-refractivity contribution >= 4 is 5.97 Å². The monoisotopic (exact) mass is 344 g/mol. The fraction of sp³-hybridized carbons (Fsp3) is 0.350. The maximum Gasteiger partial charge on any atom is 0.311 e. The van der Waals surface area contributed by atoms with E-state index < -0.39 is 11.9 Å². The maximum absolute atomic E-state index is 11.9. The predicted molar refractivity (Wildman–Crippen MR) is 96.0 cm³/mol. The van der Waals surface area contributed by atoms with E-state index in [-0.39, 0.29) is 0 Å². The molecule has 2 aromatic carbocycles. The van der Waals surface area contributed by atoms with Crippen LogP contribution in [0.15, 0.2) is 36.4 Å². The Hall–Kier alpha value is -2.69. The minimum absolute atomic E-state index is 0.331. The average molecular weight is 344 g/mol. The van der Waals surface area contributed by atoms with E-state index in [4.69, 9.17) is 14.2 Å². The van der Waals surface area contributed by atoms with E-state index >= 15 is 0 Å². The zero-order chi connectivity index (χ0) is 18.4. The van der Waals surface area contributed by atoms with Crippen molar-refractivity contribution in [3.8, 4) is 17.2 Å². The second kappa shape index (κ2) is 8.42. The number of aryl methyl sites for hydroxylation is 1. The molecule has 5 heteroatoms. The third-order valence-corrected chi connectivity index (χ3v) is 4.03. The van der Waals surface area contributed by atoms with Gasteiger partial charge in [0.2, 0.25) is 0 Å². The fourth-order valence-electron chi connectivity index (χ4n) is 2.81. The van der Waals surface area contributed by atoms with E-state index in [0.29, 0.717) is 35.8 Å². The number of hydrogen-bond donors (Lipinski definition) is 1. The summed E-state index contributed by atoms with van der Waals surface area (Å²) in [5, 5.41) is 9.75. The first-order chi connectivity index (χ1) is 12.0. The average Bonchev–Trinajstić information content (AvgIpc) is 2.60. The molecule has 134 valence electrons. The number of benzene rings is 2. The highest BCUT2D eigenvalue weighted by Crippen LogP contribution is 2.33. The third-order valence-electron chi connectivity index (χ3n) is 4.03. The molecule has 0 bridgehead atoms. The lowest BCUT2D eigenvalue weighted by molar-refractivity contribution is -0.138. The summed E-state index contributed by atoms with van der Waals surface area (Å²) >= 11 is 0. The number of carboxylic acid groups (broad SMARTS) is 1. The van der Waals surface area contributed by atoms with Crippen LogP contribution in [-0.2, 0) is 11.2 Å². The second-order valence-electron chi connectivity index (χ2n) is 5.76.